The number of ether oxygens (including phenoxy) is 1. The van der Waals surface area contributed by atoms with Gasteiger partial charge in [0.25, 0.3) is 5.09 Å². The molecule has 0 aliphatic heterocycles. The molecular weight excluding hydrogens is 442 g/mol. The van der Waals surface area contributed by atoms with Crippen LogP contribution in [0.5, 0.6) is 0 Å². The van der Waals surface area contributed by atoms with Gasteiger partial charge in [-0.25, -0.2) is 0 Å². The third-order valence-corrected chi connectivity index (χ3v) is 6.41. The van der Waals surface area contributed by atoms with E-state index in [4.69, 9.17) is 4.74 Å². The summed E-state index contributed by atoms with van der Waals surface area (Å²) in [5, 5.41) is 29.9. The number of unbranched alkanes of at least 4 members (excludes halogenated alkanes) is 5. The van der Waals surface area contributed by atoms with Gasteiger partial charge >= 0.3 is 5.97 Å². The number of hydrogen-bond acceptors (Lipinski definition) is 8. The van der Waals surface area contributed by atoms with E-state index in [9.17, 15) is 29.9 Å². The van der Waals surface area contributed by atoms with E-state index in [0.29, 0.717) is 44.9 Å². The second-order valence-corrected chi connectivity index (χ2v) is 9.36. The molecule has 5 atom stereocenters. The highest BCUT2D eigenvalue weighted by molar-refractivity contribution is 5.78. The van der Waals surface area contributed by atoms with E-state index in [2.05, 4.69) is 11.8 Å². The molecule has 1 aliphatic rings. The van der Waals surface area contributed by atoms with Crippen molar-refractivity contribution in [2.45, 2.75) is 116 Å². The molecule has 0 bridgehead atoms. The van der Waals surface area contributed by atoms with Crippen molar-refractivity contribution in [1.29, 1.82) is 0 Å². The molecule has 9 heteroatoms. The second kappa shape index (κ2) is 17.4. The Bertz CT molecular complexity index is 638. The zero-order valence-electron chi connectivity index (χ0n) is 20.7. The van der Waals surface area contributed by atoms with Crippen LogP contribution in [-0.4, -0.2) is 52.0 Å². The minimum Gasteiger partial charge on any atom is -0.461 e. The van der Waals surface area contributed by atoms with Gasteiger partial charge in [-0.3, -0.25) is 9.59 Å². The van der Waals surface area contributed by atoms with Crippen molar-refractivity contribution >= 4 is 11.8 Å². The maximum Gasteiger partial charge on any atom is 0.306 e. The highest BCUT2D eigenvalue weighted by atomic mass is 17.0. The molecule has 1 aliphatic carbocycles. The van der Waals surface area contributed by atoms with Crippen LogP contribution in [0.2, 0.25) is 0 Å². The molecule has 0 spiro atoms. The number of esters is 1. The molecule has 0 heterocycles. The molecule has 0 amide bonds. The Morgan fingerprint density at radius 1 is 1.03 bits per heavy atom. The number of nitrogens with zero attached hydrogens (tertiary/aromatic N) is 1. The summed E-state index contributed by atoms with van der Waals surface area (Å²) in [4.78, 5) is 38.3. The second-order valence-electron chi connectivity index (χ2n) is 9.36. The summed E-state index contributed by atoms with van der Waals surface area (Å²) in [6.07, 6.45) is 11.7. The molecule has 9 nitrogen and oxygen atoms in total. The van der Waals surface area contributed by atoms with Crippen molar-refractivity contribution in [3.63, 3.8) is 0 Å². The van der Waals surface area contributed by atoms with Gasteiger partial charge in [-0.15, -0.1) is 10.1 Å². The molecule has 1 unspecified atom stereocenters. The lowest BCUT2D eigenvalue weighted by Crippen LogP contribution is -2.22. The van der Waals surface area contributed by atoms with Crippen molar-refractivity contribution in [2.24, 2.45) is 11.8 Å². The molecule has 1 fully saturated rings. The zero-order chi connectivity index (χ0) is 25.3. The summed E-state index contributed by atoms with van der Waals surface area (Å²) < 4.78 is 5.04. The fourth-order valence-corrected chi connectivity index (χ4v) is 4.50. The van der Waals surface area contributed by atoms with Crippen molar-refractivity contribution < 1.29 is 34.5 Å². The molecule has 196 valence electrons. The predicted octanol–water partition coefficient (Wildman–Crippen LogP) is 4.31. The number of aliphatic hydroxyl groups is 2. The zero-order valence-corrected chi connectivity index (χ0v) is 20.7. The third-order valence-electron chi connectivity index (χ3n) is 6.41. The highest BCUT2D eigenvalue weighted by Gasteiger charge is 2.40. The fraction of sp³-hybridized carbons (Fsp3) is 0.840. The van der Waals surface area contributed by atoms with E-state index >= 15 is 0 Å². The molecule has 0 saturated heterocycles. The van der Waals surface area contributed by atoms with Crippen LogP contribution in [0.3, 0.4) is 0 Å². The Hall–Kier alpha value is -2.00. The number of carbonyl (C=O) groups is 2. The van der Waals surface area contributed by atoms with Crippen LogP contribution in [0.4, 0.5) is 0 Å². The summed E-state index contributed by atoms with van der Waals surface area (Å²) in [6, 6.07) is 0. The number of allylic oxidation sites excluding steroid dienone is 2. The highest BCUT2D eigenvalue weighted by Crippen LogP contribution is 2.38. The SMILES string of the molecule is CCCCCCCC(=O)CC[C@@H]1[C@@H](CC=CCCCC(=O)OC(C)CO[N+](=O)[O-])[C@@H](O)C[C@H]1O. The first-order valence-corrected chi connectivity index (χ1v) is 12.7. The Morgan fingerprint density at radius 2 is 1.74 bits per heavy atom. The van der Waals surface area contributed by atoms with Crippen molar-refractivity contribution in [3.8, 4) is 0 Å². The first-order chi connectivity index (χ1) is 16.2. The smallest absolute Gasteiger partial charge is 0.306 e. The lowest BCUT2D eigenvalue weighted by Gasteiger charge is -2.22. The Labute approximate surface area is 203 Å². The van der Waals surface area contributed by atoms with Gasteiger partial charge < -0.3 is 19.8 Å². The monoisotopic (exact) mass is 485 g/mol. The largest absolute Gasteiger partial charge is 0.461 e. The van der Waals surface area contributed by atoms with Gasteiger partial charge in [0.1, 0.15) is 18.5 Å². The topological polar surface area (TPSA) is 136 Å². The number of carbonyl (C=O) groups excluding carboxylic acids is 2. The first kappa shape index (κ1) is 30.0. The van der Waals surface area contributed by atoms with Gasteiger partial charge in [0.15, 0.2) is 0 Å². The lowest BCUT2D eigenvalue weighted by atomic mass is 9.86. The van der Waals surface area contributed by atoms with Gasteiger partial charge in [-0.1, -0.05) is 44.8 Å². The number of ketones is 1. The number of Topliss-reactive ketones (excluding diaryl/α,β-unsaturated/α-hetero) is 1. The molecule has 0 aromatic rings. The van der Waals surface area contributed by atoms with E-state index in [-0.39, 0.29) is 30.6 Å². The molecular formula is C25H43NO8. The third kappa shape index (κ3) is 13.0. The Balaban J connectivity index is 2.28. The van der Waals surface area contributed by atoms with Crippen molar-refractivity contribution in [3.05, 3.63) is 22.3 Å². The lowest BCUT2D eigenvalue weighted by molar-refractivity contribution is -0.759. The van der Waals surface area contributed by atoms with E-state index in [0.717, 1.165) is 12.8 Å². The predicted molar refractivity (Wildman–Crippen MR) is 127 cm³/mol. The van der Waals surface area contributed by atoms with E-state index < -0.39 is 29.4 Å². The molecule has 0 radical (unpaired) electrons. The van der Waals surface area contributed by atoms with Gasteiger partial charge in [0.05, 0.1) is 12.2 Å². The standard InChI is InChI=1S/C25H43NO8/c1-3-4-5-6-9-12-20(27)15-16-22-21(23(28)17-24(22)29)13-10-7-8-11-14-25(30)34-19(2)18-33-26(31)32/h7,10,19,21-24,28-29H,3-6,8-9,11-18H2,1-2H3/t19?,21-,22-,23+,24-/m1/s1. The number of rotatable bonds is 19. The summed E-state index contributed by atoms with van der Waals surface area (Å²) >= 11 is 0. The first-order valence-electron chi connectivity index (χ1n) is 12.7. The van der Waals surface area contributed by atoms with Crippen LogP contribution in [0, 0.1) is 22.0 Å². The van der Waals surface area contributed by atoms with E-state index in [1.54, 1.807) is 0 Å². The summed E-state index contributed by atoms with van der Waals surface area (Å²) in [7, 11) is 0. The maximum atomic E-state index is 12.2. The number of aliphatic hydroxyl groups excluding tert-OH is 2. The van der Waals surface area contributed by atoms with Gasteiger partial charge in [-0.2, -0.15) is 0 Å². The van der Waals surface area contributed by atoms with Crippen molar-refractivity contribution in [2.75, 3.05) is 6.61 Å². The van der Waals surface area contributed by atoms with Gasteiger partial charge in [0.2, 0.25) is 0 Å². The molecule has 1 saturated carbocycles. The molecule has 2 N–H and O–H groups in total. The van der Waals surface area contributed by atoms with Gasteiger partial charge in [-0.05, 0) is 57.3 Å². The average molecular weight is 486 g/mol. The Morgan fingerprint density at radius 3 is 2.44 bits per heavy atom. The van der Waals surface area contributed by atoms with E-state index in [1.807, 2.05) is 12.2 Å². The summed E-state index contributed by atoms with van der Waals surface area (Å²) in [5.74, 6) is -0.347. The minimum atomic E-state index is -0.923. The van der Waals surface area contributed by atoms with Crippen LogP contribution < -0.4 is 0 Å². The van der Waals surface area contributed by atoms with Crippen LogP contribution in [0.25, 0.3) is 0 Å². The van der Waals surface area contributed by atoms with E-state index in [1.165, 1.54) is 26.2 Å². The molecule has 34 heavy (non-hydrogen) atoms. The summed E-state index contributed by atoms with van der Waals surface area (Å²) in [6.45, 7) is 3.40. The Kier molecular flexibility index (Phi) is 15.4. The molecule has 0 aromatic heterocycles. The minimum absolute atomic E-state index is 0.0731. The van der Waals surface area contributed by atoms with Crippen LogP contribution >= 0.6 is 0 Å². The van der Waals surface area contributed by atoms with Crippen LogP contribution in [0.15, 0.2) is 12.2 Å². The fourth-order valence-electron chi connectivity index (χ4n) is 4.50. The summed E-state index contributed by atoms with van der Waals surface area (Å²) in [5.41, 5.74) is 0. The normalized spacial score (nSPS) is 23.2. The average Bonchev–Trinajstić information content (AvgIpc) is 3.05. The molecule has 1 rings (SSSR count). The van der Waals surface area contributed by atoms with Crippen LogP contribution in [0.1, 0.15) is 97.3 Å². The van der Waals surface area contributed by atoms with Crippen LogP contribution in [-0.2, 0) is 19.2 Å². The maximum absolute atomic E-state index is 12.2. The molecule has 0 aromatic carbocycles. The van der Waals surface area contributed by atoms with Gasteiger partial charge in [0, 0.05) is 19.3 Å². The quantitative estimate of drug-likeness (QED) is 0.0908. The van der Waals surface area contributed by atoms with Crippen molar-refractivity contribution in [1.82, 2.24) is 0 Å². The number of hydrogen-bond donors (Lipinski definition) is 2.